The van der Waals surface area contributed by atoms with Crippen LogP contribution in [0.1, 0.15) is 68.8 Å². The number of benzene rings is 2. The third-order valence-electron chi connectivity index (χ3n) is 7.25. The second-order valence-corrected chi connectivity index (χ2v) is 10.2. The molecular formula is C30H37N3O2. The Bertz CT molecular complexity index is 1180. The molecule has 1 atom stereocenters. The highest BCUT2D eigenvalue weighted by Crippen LogP contribution is 2.32. The summed E-state index contributed by atoms with van der Waals surface area (Å²) in [7, 11) is 1.80. The lowest BCUT2D eigenvalue weighted by atomic mass is 9.84. The zero-order valence-corrected chi connectivity index (χ0v) is 21.4. The van der Waals surface area contributed by atoms with E-state index < -0.39 is 0 Å². The van der Waals surface area contributed by atoms with Gasteiger partial charge in [-0.2, -0.15) is 0 Å². The maximum atomic E-state index is 14.0. The molecule has 1 fully saturated rings. The maximum absolute atomic E-state index is 14.0. The number of nitrogens with one attached hydrogen (secondary N) is 1. The van der Waals surface area contributed by atoms with Crippen molar-refractivity contribution in [2.24, 2.45) is 11.8 Å². The van der Waals surface area contributed by atoms with Crippen LogP contribution in [0, 0.1) is 11.8 Å². The minimum absolute atomic E-state index is 0.0408. The maximum Gasteiger partial charge on any atom is 0.252 e. The smallest absolute Gasteiger partial charge is 0.252 e. The number of hydrogen-bond acceptors (Lipinski definition) is 3. The van der Waals surface area contributed by atoms with Crippen molar-refractivity contribution in [1.29, 1.82) is 0 Å². The Labute approximate surface area is 208 Å². The number of nitrogens with zero attached hydrogens (tertiary/aromatic N) is 2. The largest absolute Gasteiger partial charge is 0.349 e. The van der Waals surface area contributed by atoms with Gasteiger partial charge in [-0.25, -0.2) is 4.98 Å². The summed E-state index contributed by atoms with van der Waals surface area (Å²) in [4.78, 5) is 33.5. The van der Waals surface area contributed by atoms with E-state index in [0.29, 0.717) is 18.0 Å². The highest BCUT2D eigenvalue weighted by atomic mass is 16.2. The normalized spacial score (nSPS) is 15.2. The molecule has 1 heterocycles. The molecule has 0 radical (unpaired) electrons. The Morgan fingerprint density at radius 1 is 0.971 bits per heavy atom. The molecule has 1 aromatic heterocycles. The number of pyridine rings is 1. The Kier molecular flexibility index (Phi) is 7.84. The summed E-state index contributed by atoms with van der Waals surface area (Å²) < 4.78 is 0. The van der Waals surface area contributed by atoms with Crippen LogP contribution in [0.3, 0.4) is 0 Å². The number of aromatic nitrogens is 1. The predicted molar refractivity (Wildman–Crippen MR) is 142 cm³/mol. The van der Waals surface area contributed by atoms with Crippen molar-refractivity contribution in [2.45, 2.75) is 65.5 Å². The van der Waals surface area contributed by atoms with E-state index in [2.05, 4.69) is 12.2 Å². The van der Waals surface area contributed by atoms with E-state index in [1.807, 2.05) is 68.4 Å². The molecule has 1 saturated carbocycles. The van der Waals surface area contributed by atoms with Crippen LogP contribution in [-0.4, -0.2) is 34.8 Å². The topological polar surface area (TPSA) is 62.3 Å². The minimum Gasteiger partial charge on any atom is -0.349 e. The van der Waals surface area contributed by atoms with Gasteiger partial charge in [-0.1, -0.05) is 81.6 Å². The van der Waals surface area contributed by atoms with Crippen LogP contribution >= 0.6 is 0 Å². The Hall–Kier alpha value is -3.21. The van der Waals surface area contributed by atoms with Gasteiger partial charge in [-0.15, -0.1) is 0 Å². The van der Waals surface area contributed by atoms with Gasteiger partial charge in [0.1, 0.15) is 0 Å². The van der Waals surface area contributed by atoms with E-state index in [9.17, 15) is 9.59 Å². The first kappa shape index (κ1) is 24.9. The van der Waals surface area contributed by atoms with Gasteiger partial charge in [0.25, 0.3) is 5.91 Å². The SMILES string of the molecule is CC(C)C(=O)N(C)Cc1c(-c2ccccc2)nc2ccccc2c1C(=O)N[C@@H](C)C1CCCCC1. The van der Waals surface area contributed by atoms with Crippen molar-refractivity contribution >= 4 is 22.7 Å². The Morgan fingerprint density at radius 2 is 1.63 bits per heavy atom. The van der Waals surface area contributed by atoms with Gasteiger partial charge in [0, 0.05) is 42.1 Å². The molecule has 35 heavy (non-hydrogen) atoms. The quantitative estimate of drug-likeness (QED) is 0.445. The molecule has 1 aliphatic rings. The molecule has 5 nitrogen and oxygen atoms in total. The predicted octanol–water partition coefficient (Wildman–Crippen LogP) is 6.21. The zero-order chi connectivity index (χ0) is 24.9. The zero-order valence-electron chi connectivity index (χ0n) is 21.4. The summed E-state index contributed by atoms with van der Waals surface area (Å²) in [5.41, 5.74) is 3.89. The third kappa shape index (κ3) is 5.55. The number of carbonyl (C=O) groups is 2. The third-order valence-corrected chi connectivity index (χ3v) is 7.25. The number of para-hydroxylation sites is 1. The van der Waals surface area contributed by atoms with Crippen LogP contribution < -0.4 is 5.32 Å². The van der Waals surface area contributed by atoms with Crippen molar-refractivity contribution in [2.75, 3.05) is 7.05 Å². The second kappa shape index (κ2) is 11.0. The molecule has 0 unspecified atom stereocenters. The van der Waals surface area contributed by atoms with E-state index in [4.69, 9.17) is 4.98 Å². The van der Waals surface area contributed by atoms with E-state index in [-0.39, 0.29) is 23.8 Å². The van der Waals surface area contributed by atoms with Crippen molar-refractivity contribution < 1.29 is 9.59 Å². The van der Waals surface area contributed by atoms with E-state index in [0.717, 1.165) is 40.6 Å². The van der Waals surface area contributed by atoms with E-state index in [1.54, 1.807) is 11.9 Å². The van der Waals surface area contributed by atoms with Gasteiger partial charge in [0.15, 0.2) is 0 Å². The first-order chi connectivity index (χ1) is 16.9. The molecule has 0 spiro atoms. The van der Waals surface area contributed by atoms with Crippen molar-refractivity contribution in [3.05, 3.63) is 65.7 Å². The molecule has 184 valence electrons. The van der Waals surface area contributed by atoms with Crippen LogP contribution in [0.2, 0.25) is 0 Å². The summed E-state index contributed by atoms with van der Waals surface area (Å²) in [5, 5.41) is 4.15. The molecule has 0 bridgehead atoms. The van der Waals surface area contributed by atoms with E-state index in [1.165, 1.54) is 19.3 Å². The molecular weight excluding hydrogens is 434 g/mol. The molecule has 5 heteroatoms. The fourth-order valence-corrected chi connectivity index (χ4v) is 5.29. The molecule has 0 saturated heterocycles. The fraction of sp³-hybridized carbons (Fsp3) is 0.433. The van der Waals surface area contributed by atoms with Gasteiger partial charge in [0.2, 0.25) is 5.91 Å². The van der Waals surface area contributed by atoms with Gasteiger partial charge in [0.05, 0.1) is 16.8 Å². The number of hydrogen-bond donors (Lipinski definition) is 1. The number of rotatable bonds is 7. The first-order valence-corrected chi connectivity index (χ1v) is 12.9. The van der Waals surface area contributed by atoms with Gasteiger partial charge >= 0.3 is 0 Å². The van der Waals surface area contributed by atoms with Gasteiger partial charge in [-0.3, -0.25) is 9.59 Å². The van der Waals surface area contributed by atoms with Crippen LogP contribution in [0.4, 0.5) is 0 Å². The minimum atomic E-state index is -0.128. The first-order valence-electron chi connectivity index (χ1n) is 12.9. The summed E-state index contributed by atoms with van der Waals surface area (Å²) in [6.45, 7) is 6.24. The molecule has 1 N–H and O–H groups in total. The second-order valence-electron chi connectivity index (χ2n) is 10.2. The average molecular weight is 472 g/mol. The van der Waals surface area contributed by atoms with Gasteiger partial charge < -0.3 is 10.2 Å². The lowest BCUT2D eigenvalue weighted by Crippen LogP contribution is -2.40. The summed E-state index contributed by atoms with van der Waals surface area (Å²) in [6.07, 6.45) is 6.06. The highest BCUT2D eigenvalue weighted by Gasteiger charge is 2.27. The number of carbonyl (C=O) groups excluding carboxylic acids is 2. The summed E-state index contributed by atoms with van der Waals surface area (Å²) in [5.74, 6) is 0.332. The Morgan fingerprint density at radius 3 is 2.31 bits per heavy atom. The lowest BCUT2D eigenvalue weighted by Gasteiger charge is -2.29. The fourth-order valence-electron chi connectivity index (χ4n) is 5.29. The van der Waals surface area contributed by atoms with Gasteiger partial charge in [-0.05, 0) is 31.7 Å². The number of fused-ring (bicyclic) bond motifs is 1. The van der Waals surface area contributed by atoms with Crippen molar-refractivity contribution in [1.82, 2.24) is 15.2 Å². The lowest BCUT2D eigenvalue weighted by molar-refractivity contribution is -0.133. The molecule has 3 aromatic rings. The molecule has 4 rings (SSSR count). The van der Waals surface area contributed by atoms with Crippen molar-refractivity contribution in [3.8, 4) is 11.3 Å². The van der Waals surface area contributed by atoms with Crippen molar-refractivity contribution in [3.63, 3.8) is 0 Å². The van der Waals surface area contributed by atoms with Crippen LogP contribution in [0.15, 0.2) is 54.6 Å². The van der Waals surface area contributed by atoms with Crippen LogP contribution in [-0.2, 0) is 11.3 Å². The molecule has 2 aromatic carbocycles. The Balaban J connectivity index is 1.84. The molecule has 0 aliphatic heterocycles. The average Bonchev–Trinajstić information content (AvgIpc) is 2.88. The van der Waals surface area contributed by atoms with E-state index >= 15 is 0 Å². The van der Waals surface area contributed by atoms with Crippen LogP contribution in [0.5, 0.6) is 0 Å². The molecule has 1 aliphatic carbocycles. The monoisotopic (exact) mass is 471 g/mol. The summed E-state index contributed by atoms with van der Waals surface area (Å²) >= 11 is 0. The highest BCUT2D eigenvalue weighted by molar-refractivity contribution is 6.09. The summed E-state index contributed by atoms with van der Waals surface area (Å²) in [6, 6.07) is 17.9. The standard InChI is InChI=1S/C30H37N3O2/c1-20(2)30(35)33(4)19-25-27(29(34)31-21(3)22-13-7-5-8-14-22)24-17-11-12-18-26(24)32-28(25)23-15-9-6-10-16-23/h6,9-12,15-18,20-22H,5,7-8,13-14,19H2,1-4H3,(H,31,34)/t21-/m0/s1. The van der Waals surface area contributed by atoms with Crippen LogP contribution in [0.25, 0.3) is 22.2 Å². The number of amides is 2. The molecule has 2 amide bonds.